The molecule has 6 nitrogen and oxygen atoms in total. The van der Waals surface area contributed by atoms with E-state index in [1.54, 1.807) is 30.5 Å². The van der Waals surface area contributed by atoms with Gasteiger partial charge in [0.15, 0.2) is 0 Å². The highest BCUT2D eigenvalue weighted by Crippen LogP contribution is 2.21. The fourth-order valence-corrected chi connectivity index (χ4v) is 2.81. The lowest BCUT2D eigenvalue weighted by Crippen LogP contribution is -2.31. The van der Waals surface area contributed by atoms with Crippen molar-refractivity contribution in [3.63, 3.8) is 0 Å². The molecule has 0 radical (unpaired) electrons. The molecule has 3 rings (SSSR count). The Labute approximate surface area is 165 Å². The van der Waals surface area contributed by atoms with Crippen molar-refractivity contribution < 1.29 is 9.53 Å². The van der Waals surface area contributed by atoms with Gasteiger partial charge in [-0.05, 0) is 49.7 Å². The number of carbonyl (C=O) groups is 1. The topological polar surface area (TPSA) is 67.3 Å². The summed E-state index contributed by atoms with van der Waals surface area (Å²) in [6, 6.07) is 19.5. The zero-order valence-electron chi connectivity index (χ0n) is 16.3. The van der Waals surface area contributed by atoms with Crippen LogP contribution in [0.1, 0.15) is 29.8 Å². The lowest BCUT2D eigenvalue weighted by Gasteiger charge is -2.28. The number of benzene rings is 2. The summed E-state index contributed by atoms with van der Waals surface area (Å²) in [5, 5.41) is 3.19. The zero-order chi connectivity index (χ0) is 19.9. The lowest BCUT2D eigenvalue weighted by atomic mass is 10.2. The summed E-state index contributed by atoms with van der Waals surface area (Å²) in [5.41, 5.74) is 2.52. The van der Waals surface area contributed by atoms with E-state index in [2.05, 4.69) is 46.2 Å². The second-order valence-electron chi connectivity index (χ2n) is 6.64. The van der Waals surface area contributed by atoms with Gasteiger partial charge in [0.25, 0.3) is 0 Å². The molecule has 0 aliphatic rings. The zero-order valence-corrected chi connectivity index (χ0v) is 16.3. The number of rotatable bonds is 7. The average Bonchev–Trinajstić information content (AvgIpc) is 2.73. The van der Waals surface area contributed by atoms with Crippen LogP contribution in [0.5, 0.6) is 0 Å². The molecular formula is C22H24N4O2. The van der Waals surface area contributed by atoms with Crippen molar-refractivity contribution >= 4 is 23.4 Å². The van der Waals surface area contributed by atoms with E-state index in [9.17, 15) is 4.79 Å². The molecule has 6 heteroatoms. The van der Waals surface area contributed by atoms with Crippen molar-refractivity contribution in [3.8, 4) is 0 Å². The Morgan fingerprint density at radius 2 is 1.79 bits per heavy atom. The van der Waals surface area contributed by atoms with Crippen LogP contribution in [0.3, 0.4) is 0 Å². The second-order valence-corrected chi connectivity index (χ2v) is 6.64. The van der Waals surface area contributed by atoms with Gasteiger partial charge in [-0.1, -0.05) is 30.3 Å². The fraction of sp³-hybridized carbons (Fsp3) is 0.227. The molecule has 0 saturated heterocycles. The van der Waals surface area contributed by atoms with Crippen LogP contribution in [-0.2, 0) is 11.3 Å². The van der Waals surface area contributed by atoms with Crippen LogP contribution < -0.4 is 10.2 Å². The highest BCUT2D eigenvalue weighted by molar-refractivity contribution is 5.89. The minimum atomic E-state index is -0.363. The number of methoxy groups -OCH3 is 1. The molecule has 0 fully saturated rings. The number of hydrogen-bond donors (Lipinski definition) is 1. The fourth-order valence-electron chi connectivity index (χ4n) is 2.81. The molecule has 3 aromatic rings. The monoisotopic (exact) mass is 376 g/mol. The van der Waals surface area contributed by atoms with Gasteiger partial charge in [0.1, 0.15) is 5.82 Å². The first-order chi connectivity index (χ1) is 13.6. The van der Waals surface area contributed by atoms with Crippen LogP contribution in [0.4, 0.5) is 17.5 Å². The van der Waals surface area contributed by atoms with Crippen LogP contribution >= 0.6 is 0 Å². The number of hydrogen-bond acceptors (Lipinski definition) is 6. The summed E-state index contributed by atoms with van der Waals surface area (Å²) in [5.74, 6) is 0.989. The minimum absolute atomic E-state index is 0.280. The normalized spacial score (nSPS) is 10.6. The van der Waals surface area contributed by atoms with Gasteiger partial charge < -0.3 is 15.0 Å². The largest absolute Gasteiger partial charge is 0.465 e. The van der Waals surface area contributed by atoms with E-state index in [1.807, 2.05) is 24.3 Å². The van der Waals surface area contributed by atoms with Crippen LogP contribution in [-0.4, -0.2) is 29.1 Å². The smallest absolute Gasteiger partial charge is 0.337 e. The van der Waals surface area contributed by atoms with Gasteiger partial charge in [0.05, 0.1) is 12.7 Å². The quantitative estimate of drug-likeness (QED) is 0.616. The third-order valence-electron chi connectivity index (χ3n) is 4.32. The highest BCUT2D eigenvalue weighted by Gasteiger charge is 2.14. The van der Waals surface area contributed by atoms with Gasteiger partial charge in [0.2, 0.25) is 5.95 Å². The first-order valence-electron chi connectivity index (χ1n) is 9.16. The lowest BCUT2D eigenvalue weighted by molar-refractivity contribution is 0.0601. The van der Waals surface area contributed by atoms with Crippen molar-refractivity contribution in [1.29, 1.82) is 0 Å². The second kappa shape index (κ2) is 8.99. The SMILES string of the molecule is COC(=O)c1ccc(Nc2nccc(N(Cc3ccccc3)C(C)C)n2)cc1. The Bertz CT molecular complexity index is 911. The van der Waals surface area contributed by atoms with Gasteiger partial charge in [-0.3, -0.25) is 0 Å². The number of aromatic nitrogens is 2. The molecule has 0 bridgehead atoms. The summed E-state index contributed by atoms with van der Waals surface area (Å²) in [6.45, 7) is 5.05. The number of ether oxygens (including phenoxy) is 1. The molecule has 2 aromatic carbocycles. The summed E-state index contributed by atoms with van der Waals surface area (Å²) in [6.07, 6.45) is 1.74. The highest BCUT2D eigenvalue weighted by atomic mass is 16.5. The van der Waals surface area contributed by atoms with Crippen molar-refractivity contribution in [2.45, 2.75) is 26.4 Å². The Morgan fingerprint density at radius 3 is 2.43 bits per heavy atom. The number of carbonyl (C=O) groups excluding carboxylic acids is 1. The van der Waals surface area contributed by atoms with Crippen molar-refractivity contribution in [2.75, 3.05) is 17.3 Å². The number of anilines is 3. The van der Waals surface area contributed by atoms with Gasteiger partial charge in [-0.2, -0.15) is 4.98 Å². The molecule has 1 N–H and O–H groups in total. The standard InChI is InChI=1S/C22H24N4O2/c1-16(2)26(15-17-7-5-4-6-8-17)20-13-14-23-22(25-20)24-19-11-9-18(10-12-19)21(27)28-3/h4-14,16H,15H2,1-3H3,(H,23,24,25). The van der Waals surface area contributed by atoms with E-state index in [1.165, 1.54) is 12.7 Å². The van der Waals surface area contributed by atoms with E-state index in [0.29, 0.717) is 11.5 Å². The first kappa shape index (κ1) is 19.4. The minimum Gasteiger partial charge on any atom is -0.465 e. The molecule has 0 spiro atoms. The summed E-state index contributed by atoms with van der Waals surface area (Å²) >= 11 is 0. The maximum Gasteiger partial charge on any atom is 0.337 e. The third kappa shape index (κ3) is 4.85. The Morgan fingerprint density at radius 1 is 1.07 bits per heavy atom. The molecule has 0 atom stereocenters. The summed E-state index contributed by atoms with van der Waals surface area (Å²) < 4.78 is 4.72. The van der Waals surface area contributed by atoms with E-state index in [4.69, 9.17) is 4.74 Å². The Balaban J connectivity index is 1.77. The van der Waals surface area contributed by atoms with Gasteiger partial charge in [-0.15, -0.1) is 0 Å². The first-order valence-corrected chi connectivity index (χ1v) is 9.16. The number of nitrogens with one attached hydrogen (secondary N) is 1. The van der Waals surface area contributed by atoms with Gasteiger partial charge >= 0.3 is 5.97 Å². The van der Waals surface area contributed by atoms with E-state index < -0.39 is 0 Å². The average molecular weight is 376 g/mol. The van der Waals surface area contributed by atoms with E-state index >= 15 is 0 Å². The molecule has 1 aromatic heterocycles. The Kier molecular flexibility index (Phi) is 6.22. The maximum atomic E-state index is 11.5. The van der Waals surface area contributed by atoms with Crippen molar-refractivity contribution in [2.24, 2.45) is 0 Å². The van der Waals surface area contributed by atoms with Gasteiger partial charge in [-0.25, -0.2) is 9.78 Å². The van der Waals surface area contributed by atoms with E-state index in [0.717, 1.165) is 18.1 Å². The van der Waals surface area contributed by atoms with Crippen molar-refractivity contribution in [1.82, 2.24) is 9.97 Å². The van der Waals surface area contributed by atoms with Crippen LogP contribution in [0.25, 0.3) is 0 Å². The molecule has 0 aliphatic carbocycles. The predicted molar refractivity (Wildman–Crippen MR) is 111 cm³/mol. The van der Waals surface area contributed by atoms with Crippen LogP contribution in [0.15, 0.2) is 66.9 Å². The Hall–Kier alpha value is -3.41. The van der Waals surface area contributed by atoms with Crippen LogP contribution in [0.2, 0.25) is 0 Å². The summed E-state index contributed by atoms with van der Waals surface area (Å²) in [7, 11) is 1.36. The third-order valence-corrected chi connectivity index (χ3v) is 4.32. The van der Waals surface area contributed by atoms with Crippen molar-refractivity contribution in [3.05, 3.63) is 78.0 Å². The van der Waals surface area contributed by atoms with E-state index in [-0.39, 0.29) is 12.0 Å². The number of esters is 1. The maximum absolute atomic E-state index is 11.5. The van der Waals surface area contributed by atoms with Crippen LogP contribution in [0, 0.1) is 0 Å². The molecular weight excluding hydrogens is 352 g/mol. The molecule has 1 heterocycles. The molecule has 28 heavy (non-hydrogen) atoms. The summed E-state index contributed by atoms with van der Waals surface area (Å²) in [4.78, 5) is 22.8. The van der Waals surface area contributed by atoms with Gasteiger partial charge in [0, 0.05) is 24.5 Å². The molecule has 0 unspecified atom stereocenters. The number of nitrogens with zero attached hydrogens (tertiary/aromatic N) is 3. The predicted octanol–water partition coefficient (Wildman–Crippen LogP) is 4.42. The molecule has 0 saturated carbocycles. The molecule has 0 aliphatic heterocycles. The molecule has 144 valence electrons. The molecule has 0 amide bonds.